The number of rotatable bonds is 21. The highest BCUT2D eigenvalue weighted by molar-refractivity contribution is 5.91. The third-order valence-corrected chi connectivity index (χ3v) is 12.8. The van der Waals surface area contributed by atoms with Crippen molar-refractivity contribution in [2.24, 2.45) is 29.6 Å². The minimum absolute atomic E-state index is 0.0430. The van der Waals surface area contributed by atoms with Gasteiger partial charge in [-0.2, -0.15) is 0 Å². The molecule has 320 valence electrons. The first kappa shape index (κ1) is 44.5. The fourth-order valence-electron chi connectivity index (χ4n) is 9.12. The lowest BCUT2D eigenvalue weighted by Gasteiger charge is -2.33. The van der Waals surface area contributed by atoms with Crippen molar-refractivity contribution in [2.45, 2.75) is 123 Å². The number of nitrogens with zero attached hydrogens (tertiary/aromatic N) is 1. The van der Waals surface area contributed by atoms with E-state index < -0.39 is 24.1 Å². The number of carbonyl (C=O) groups excluding carboxylic acids is 3. The Labute approximate surface area is 356 Å². The van der Waals surface area contributed by atoms with E-state index in [2.05, 4.69) is 102 Å². The molecule has 9 heteroatoms. The number of fused-ring (bicyclic) bond motifs is 2. The normalized spacial score (nSPS) is 16.1. The van der Waals surface area contributed by atoms with Crippen LogP contribution >= 0.6 is 0 Å². The van der Waals surface area contributed by atoms with Crippen LogP contribution in [-0.4, -0.2) is 57.5 Å². The van der Waals surface area contributed by atoms with Crippen LogP contribution in [0.5, 0.6) is 0 Å². The van der Waals surface area contributed by atoms with Crippen molar-refractivity contribution in [3.05, 3.63) is 114 Å². The number of carbonyl (C=O) groups is 3. The van der Waals surface area contributed by atoms with E-state index in [1.807, 2.05) is 36.4 Å². The van der Waals surface area contributed by atoms with E-state index in [0.717, 1.165) is 70.5 Å². The zero-order chi connectivity index (χ0) is 42.4. The molecule has 0 saturated heterocycles. The first-order valence-corrected chi connectivity index (χ1v) is 22.5. The number of hydrogen-bond acceptors (Lipinski definition) is 5. The topological polar surface area (TPSA) is 136 Å². The quantitative estimate of drug-likeness (QED) is 0.0505. The first-order valence-electron chi connectivity index (χ1n) is 22.5. The van der Waals surface area contributed by atoms with Gasteiger partial charge in [-0.05, 0) is 82.5 Å². The Hall–Kier alpha value is -5.02. The summed E-state index contributed by atoms with van der Waals surface area (Å²) in [6, 6.07) is 27.4. The van der Waals surface area contributed by atoms with E-state index in [1.54, 1.807) is 12.5 Å². The Kier molecular flexibility index (Phi) is 16.3. The van der Waals surface area contributed by atoms with Gasteiger partial charge in [-0.15, -0.1) is 0 Å². The highest BCUT2D eigenvalue weighted by Crippen LogP contribution is 2.31. The summed E-state index contributed by atoms with van der Waals surface area (Å²) in [7, 11) is 0. The number of hydrogen-bond donors (Lipinski definition) is 5. The van der Waals surface area contributed by atoms with Gasteiger partial charge in [0.1, 0.15) is 6.04 Å². The highest BCUT2D eigenvalue weighted by atomic mass is 16.3. The fourth-order valence-corrected chi connectivity index (χ4v) is 9.12. The molecular formula is C51H67N5O4. The maximum absolute atomic E-state index is 14.8. The molecule has 0 radical (unpaired) electrons. The van der Waals surface area contributed by atoms with Crippen molar-refractivity contribution in [3.8, 4) is 0 Å². The molecule has 0 unspecified atom stereocenters. The van der Waals surface area contributed by atoms with Crippen LogP contribution in [0, 0.1) is 29.6 Å². The van der Waals surface area contributed by atoms with E-state index >= 15 is 0 Å². The van der Waals surface area contributed by atoms with Crippen LogP contribution in [0.3, 0.4) is 0 Å². The van der Waals surface area contributed by atoms with Crippen molar-refractivity contribution >= 4 is 39.3 Å². The molecular weight excluding hydrogens is 747 g/mol. The highest BCUT2D eigenvalue weighted by Gasteiger charge is 2.34. The SMILES string of the molecule is CC[C@H](C)CNC(=O)[C@@H](CC(C)C)C[C@H](O)[C@H](CC1CCCCC1)NC(=O)[C@H](Cc1cnc[nH]1)NC(=O)C(Cc1cccc2ccccc12)Cc1cccc2ccccc12. The van der Waals surface area contributed by atoms with Crippen LogP contribution in [0.4, 0.5) is 0 Å². The van der Waals surface area contributed by atoms with Crippen molar-refractivity contribution in [1.82, 2.24) is 25.9 Å². The molecule has 1 saturated carbocycles. The average molecular weight is 814 g/mol. The van der Waals surface area contributed by atoms with E-state index in [4.69, 9.17) is 0 Å². The smallest absolute Gasteiger partial charge is 0.243 e. The molecule has 1 aromatic heterocycles. The number of nitrogens with one attached hydrogen (secondary N) is 4. The van der Waals surface area contributed by atoms with Crippen LogP contribution < -0.4 is 16.0 Å². The van der Waals surface area contributed by atoms with Crippen molar-refractivity contribution in [1.29, 1.82) is 0 Å². The summed E-state index contributed by atoms with van der Waals surface area (Å²) >= 11 is 0. The number of aliphatic hydroxyl groups is 1. The molecule has 0 spiro atoms. The van der Waals surface area contributed by atoms with Crippen LogP contribution in [0.2, 0.25) is 0 Å². The summed E-state index contributed by atoms with van der Waals surface area (Å²) < 4.78 is 0. The number of amides is 3. The summed E-state index contributed by atoms with van der Waals surface area (Å²) in [6.45, 7) is 9.02. The maximum Gasteiger partial charge on any atom is 0.243 e. The Balaban J connectivity index is 1.27. The summed E-state index contributed by atoms with van der Waals surface area (Å²) in [4.78, 5) is 50.5. The number of imidazole rings is 1. The second-order valence-electron chi connectivity index (χ2n) is 18.0. The van der Waals surface area contributed by atoms with Crippen molar-refractivity contribution in [3.63, 3.8) is 0 Å². The second-order valence-corrected chi connectivity index (χ2v) is 18.0. The predicted octanol–water partition coefficient (Wildman–Crippen LogP) is 8.88. The summed E-state index contributed by atoms with van der Waals surface area (Å²) in [6.07, 6.45) is 11.5. The third-order valence-electron chi connectivity index (χ3n) is 12.8. The standard InChI is InChI=1S/C51H67N5O4/c1-5-35(4)31-53-49(58)41(25-34(2)3)29-48(57)46(26-36-15-7-6-8-16-36)55-51(60)47(30-43-32-52-33-54-43)56-50(59)42(27-39-21-13-19-37-17-9-11-23-44(37)39)28-40-22-14-20-38-18-10-12-24-45(38)40/h9-14,17-24,32-36,41-42,46-48,57H,5-8,15-16,25-31H2,1-4H3,(H,52,54)(H,53,58)(H,55,60)(H,56,59)/t35-,41-,46-,47-,48-/m0/s1. The molecule has 0 aliphatic heterocycles. The Bertz CT molecular complexity index is 2030. The number of aromatic nitrogens is 2. The monoisotopic (exact) mass is 814 g/mol. The Morgan fingerprint density at radius 2 is 1.35 bits per heavy atom. The molecule has 5 atom stereocenters. The van der Waals surface area contributed by atoms with Gasteiger partial charge in [0.25, 0.3) is 0 Å². The molecule has 4 aromatic carbocycles. The Morgan fingerprint density at radius 1 is 0.733 bits per heavy atom. The van der Waals surface area contributed by atoms with Crippen molar-refractivity contribution in [2.75, 3.05) is 6.54 Å². The number of aliphatic hydroxyl groups excluding tert-OH is 1. The minimum Gasteiger partial charge on any atom is -0.391 e. The number of benzene rings is 4. The molecule has 1 heterocycles. The molecule has 9 nitrogen and oxygen atoms in total. The van der Waals surface area contributed by atoms with Gasteiger partial charge < -0.3 is 26.0 Å². The van der Waals surface area contributed by atoms with Gasteiger partial charge in [0.15, 0.2) is 0 Å². The zero-order valence-electron chi connectivity index (χ0n) is 36.2. The predicted molar refractivity (Wildman–Crippen MR) is 242 cm³/mol. The van der Waals surface area contributed by atoms with Crippen LogP contribution in [-0.2, 0) is 33.6 Å². The molecule has 3 amide bonds. The summed E-state index contributed by atoms with van der Waals surface area (Å²) in [5.41, 5.74) is 2.86. The lowest BCUT2D eigenvalue weighted by Crippen LogP contribution is -2.55. The van der Waals surface area contributed by atoms with Crippen LogP contribution in [0.25, 0.3) is 21.5 Å². The molecule has 1 aliphatic rings. The first-order chi connectivity index (χ1) is 29.1. The summed E-state index contributed by atoms with van der Waals surface area (Å²) in [5.74, 6) is -0.521. The molecule has 0 bridgehead atoms. The number of aromatic amines is 1. The van der Waals surface area contributed by atoms with E-state index in [9.17, 15) is 19.5 Å². The molecule has 5 aromatic rings. The van der Waals surface area contributed by atoms with Gasteiger partial charge in [0, 0.05) is 36.7 Å². The molecule has 1 aliphatic carbocycles. The molecule has 5 N–H and O–H groups in total. The minimum atomic E-state index is -0.942. The van der Waals surface area contributed by atoms with Crippen LogP contribution in [0.1, 0.15) is 102 Å². The van der Waals surface area contributed by atoms with Crippen LogP contribution in [0.15, 0.2) is 97.5 Å². The molecule has 60 heavy (non-hydrogen) atoms. The Morgan fingerprint density at radius 3 is 1.93 bits per heavy atom. The van der Waals surface area contributed by atoms with Gasteiger partial charge in [-0.25, -0.2) is 4.98 Å². The summed E-state index contributed by atoms with van der Waals surface area (Å²) in [5, 5.41) is 26.1. The zero-order valence-corrected chi connectivity index (χ0v) is 36.2. The fraction of sp³-hybridized carbons (Fsp3) is 0.490. The van der Waals surface area contributed by atoms with Crippen molar-refractivity contribution < 1.29 is 19.5 Å². The average Bonchev–Trinajstić information content (AvgIpc) is 3.78. The largest absolute Gasteiger partial charge is 0.391 e. The lowest BCUT2D eigenvalue weighted by atomic mass is 9.81. The van der Waals surface area contributed by atoms with E-state index in [0.29, 0.717) is 44.1 Å². The molecule has 6 rings (SSSR count). The lowest BCUT2D eigenvalue weighted by molar-refractivity contribution is -0.132. The second kappa shape index (κ2) is 22.0. The van der Waals surface area contributed by atoms with E-state index in [1.165, 1.54) is 6.42 Å². The van der Waals surface area contributed by atoms with Gasteiger partial charge in [0.05, 0.1) is 18.5 Å². The molecule has 1 fully saturated rings. The van der Waals surface area contributed by atoms with Gasteiger partial charge >= 0.3 is 0 Å². The van der Waals surface area contributed by atoms with E-state index in [-0.39, 0.29) is 42.4 Å². The van der Waals surface area contributed by atoms with Gasteiger partial charge in [-0.3, -0.25) is 14.4 Å². The maximum atomic E-state index is 14.8. The number of H-pyrrole nitrogens is 1. The van der Waals surface area contributed by atoms with Gasteiger partial charge in [0.2, 0.25) is 17.7 Å². The third kappa shape index (κ3) is 12.5. The van der Waals surface area contributed by atoms with Gasteiger partial charge in [-0.1, -0.05) is 151 Å².